The van der Waals surface area contributed by atoms with E-state index in [-0.39, 0.29) is 46.0 Å². The van der Waals surface area contributed by atoms with Crippen molar-refractivity contribution in [1.82, 2.24) is 0 Å². The Hall–Kier alpha value is -2.48. The first kappa shape index (κ1) is 26.1. The summed E-state index contributed by atoms with van der Waals surface area (Å²) in [5.74, 6) is -8.38. The topological polar surface area (TPSA) is 181 Å². The molecule has 34 heavy (non-hydrogen) atoms. The van der Waals surface area contributed by atoms with Crippen molar-refractivity contribution < 1.29 is 68.4 Å². The normalized spacial score (nSPS) is 33.1. The van der Waals surface area contributed by atoms with Crippen LogP contribution in [0.15, 0.2) is 35.1 Å². The number of aromatic hydroxyl groups is 1. The molecule has 184 valence electrons. The lowest BCUT2D eigenvalue weighted by molar-refractivity contribution is -0.891. The fourth-order valence-electron chi connectivity index (χ4n) is 5.78. The Morgan fingerprint density at radius 1 is 1.18 bits per heavy atom. The summed E-state index contributed by atoms with van der Waals surface area (Å²) in [5, 5.41) is 57.6. The van der Waals surface area contributed by atoms with Crippen LogP contribution in [0.1, 0.15) is 24.5 Å². The van der Waals surface area contributed by atoms with Crippen LogP contribution in [-0.2, 0) is 20.0 Å². The zero-order valence-corrected chi connectivity index (χ0v) is 21.2. The second-order valence-corrected chi connectivity index (χ2v) is 10.1. The highest BCUT2D eigenvalue weighted by Gasteiger charge is 2.66. The molecule has 5 atom stereocenters. The number of quaternary nitrogens is 1. The summed E-state index contributed by atoms with van der Waals surface area (Å²) in [6.45, 7) is 1.40. The number of rotatable bonds is 2. The predicted molar refractivity (Wildman–Crippen MR) is 112 cm³/mol. The summed E-state index contributed by atoms with van der Waals surface area (Å²) in [4.78, 5) is 38.9. The second-order valence-electron chi connectivity index (χ2n) is 10.1. The molecule has 3 aliphatic rings. The number of nitrogens with zero attached hydrogens (tertiary/aromatic N) is 1. The molecule has 0 spiro atoms. The maximum absolute atomic E-state index is 13.7. The minimum atomic E-state index is -2.85. The van der Waals surface area contributed by atoms with E-state index in [1.807, 2.05) is 0 Å². The van der Waals surface area contributed by atoms with Crippen LogP contribution in [0.2, 0.25) is 0 Å². The van der Waals surface area contributed by atoms with Crippen LogP contribution in [0.5, 0.6) is 5.75 Å². The Balaban J connectivity index is 0.00000324. The summed E-state index contributed by atoms with van der Waals surface area (Å²) >= 11 is 0. The third-order valence-electron chi connectivity index (χ3n) is 7.27. The van der Waals surface area contributed by atoms with Crippen molar-refractivity contribution in [1.29, 1.82) is 0 Å². The van der Waals surface area contributed by atoms with Crippen molar-refractivity contribution in [2.24, 2.45) is 17.6 Å². The predicted octanol–water partition coefficient (Wildman–Crippen LogP) is -4.42. The standard InChI is InChI=1S/C23H26N2O8.HI/c1-22(32)9-6-5-7-12(26)13(9)17(27)14-10(22)8-11-16(25(2,3)4)18(28)15(21(24)31)20(30)23(11,33)19(14)29;/h5-7,10-11,16,32-33H,8H2,1-4H3,(H4-,24,26,27,28,29,30,31);1H/p-1. The fraction of sp³-hybridized carbons (Fsp3) is 0.435. The maximum atomic E-state index is 13.7. The number of likely N-dealkylation sites (N-methyl/N-ethyl adjacent to an activating group) is 1. The van der Waals surface area contributed by atoms with Crippen molar-refractivity contribution in [3.8, 4) is 5.75 Å². The minimum absolute atomic E-state index is 0. The molecule has 5 unspecified atom stereocenters. The largest absolute Gasteiger partial charge is 1.00 e. The zero-order chi connectivity index (χ0) is 24.8. The highest BCUT2D eigenvalue weighted by atomic mass is 127. The number of fused-ring (bicyclic) bond motifs is 3. The van der Waals surface area contributed by atoms with Crippen molar-refractivity contribution >= 4 is 23.2 Å². The van der Waals surface area contributed by atoms with E-state index in [2.05, 4.69) is 0 Å². The summed E-state index contributed by atoms with van der Waals surface area (Å²) < 4.78 is -0.138. The van der Waals surface area contributed by atoms with Gasteiger partial charge in [0.2, 0.25) is 5.78 Å². The van der Waals surface area contributed by atoms with Gasteiger partial charge in [-0.1, -0.05) is 17.9 Å². The highest BCUT2D eigenvalue weighted by molar-refractivity contribution is 6.24. The molecule has 1 saturated carbocycles. The number of carbonyl (C=O) groups is 3. The molecule has 11 heteroatoms. The van der Waals surface area contributed by atoms with E-state index in [9.17, 15) is 39.9 Å². The van der Waals surface area contributed by atoms with Gasteiger partial charge in [0.05, 0.1) is 43.8 Å². The van der Waals surface area contributed by atoms with Crippen LogP contribution in [0, 0.1) is 11.8 Å². The van der Waals surface area contributed by atoms with Gasteiger partial charge in [0.1, 0.15) is 17.1 Å². The van der Waals surface area contributed by atoms with Gasteiger partial charge >= 0.3 is 0 Å². The minimum Gasteiger partial charge on any atom is -1.00 e. The van der Waals surface area contributed by atoms with E-state index in [1.54, 1.807) is 21.1 Å². The summed E-state index contributed by atoms with van der Waals surface area (Å²) in [6, 6.07) is 3.01. The van der Waals surface area contributed by atoms with Gasteiger partial charge in [-0.05, 0) is 25.0 Å². The third kappa shape index (κ3) is 3.13. The number of primary amides is 1. The number of aliphatic hydroxyl groups is 3. The molecule has 0 saturated heterocycles. The first-order chi connectivity index (χ1) is 15.1. The van der Waals surface area contributed by atoms with Gasteiger partial charge in [0.25, 0.3) is 5.91 Å². The number of Topliss-reactive ketones (excluding diaryl/α,β-unsaturated/α-hetero) is 2. The molecule has 4 rings (SSSR count). The summed E-state index contributed by atoms with van der Waals surface area (Å²) in [6.07, 6.45) is -0.229. The highest BCUT2D eigenvalue weighted by Crippen LogP contribution is 2.57. The van der Waals surface area contributed by atoms with Crippen molar-refractivity contribution in [3.05, 3.63) is 46.2 Å². The number of benzene rings is 1. The first-order valence-electron chi connectivity index (χ1n) is 10.4. The maximum Gasteiger partial charge on any atom is 0.251 e. The van der Waals surface area contributed by atoms with Gasteiger partial charge in [-0.15, -0.1) is 0 Å². The van der Waals surface area contributed by atoms with Crippen LogP contribution in [-0.4, -0.2) is 75.2 Å². The number of carbonyl (C=O) groups excluding carboxylic acids is 3. The lowest BCUT2D eigenvalue weighted by Crippen LogP contribution is -3.00. The summed E-state index contributed by atoms with van der Waals surface area (Å²) in [7, 11) is 4.82. The number of hydrogen-bond donors (Lipinski definition) is 5. The second kappa shape index (κ2) is 7.77. The van der Waals surface area contributed by atoms with Gasteiger partial charge in [0.15, 0.2) is 11.8 Å². The third-order valence-corrected chi connectivity index (χ3v) is 7.27. The van der Waals surface area contributed by atoms with Crippen LogP contribution in [0.25, 0.3) is 5.76 Å². The van der Waals surface area contributed by atoms with Crippen LogP contribution >= 0.6 is 0 Å². The quantitative estimate of drug-likeness (QED) is 0.131. The van der Waals surface area contributed by atoms with Crippen molar-refractivity contribution in [2.45, 2.75) is 30.6 Å². The van der Waals surface area contributed by atoms with Gasteiger partial charge in [-0.25, -0.2) is 0 Å². The van der Waals surface area contributed by atoms with Crippen molar-refractivity contribution in [3.63, 3.8) is 0 Å². The van der Waals surface area contributed by atoms with Crippen molar-refractivity contribution in [2.75, 3.05) is 21.1 Å². The number of phenolic OH excluding ortho intramolecular Hbond substituents is 1. The van der Waals surface area contributed by atoms with Crippen LogP contribution < -0.4 is 34.8 Å². The lowest BCUT2D eigenvalue weighted by Gasteiger charge is -2.56. The van der Waals surface area contributed by atoms with E-state index < -0.39 is 75.0 Å². The van der Waals surface area contributed by atoms with E-state index in [1.165, 1.54) is 25.1 Å². The fourth-order valence-corrected chi connectivity index (χ4v) is 5.78. The number of ketones is 2. The molecule has 1 aromatic rings. The molecule has 10 nitrogen and oxygen atoms in total. The molecular formula is C23H26IN2O8-. The molecule has 3 aliphatic carbocycles. The number of halogens is 1. The molecular weight excluding hydrogens is 559 g/mol. The first-order valence-corrected chi connectivity index (χ1v) is 10.4. The van der Waals surface area contributed by atoms with E-state index >= 15 is 0 Å². The summed E-state index contributed by atoms with van der Waals surface area (Å²) in [5.41, 5.74) is -0.818. The zero-order valence-electron chi connectivity index (χ0n) is 19.0. The Morgan fingerprint density at radius 2 is 1.76 bits per heavy atom. The molecule has 0 bridgehead atoms. The molecule has 0 heterocycles. The molecule has 1 amide bonds. The van der Waals surface area contributed by atoms with E-state index in [0.29, 0.717) is 0 Å². The molecule has 0 radical (unpaired) electrons. The van der Waals surface area contributed by atoms with E-state index in [4.69, 9.17) is 5.73 Å². The SMILES string of the molecule is CC1(O)c2cccc(O)c2C(O)=C2C(=O)C3(O)C([O-])=C(C(N)=O)C(=O)C([N+](C)(C)C)C3CC21.[I-]. The Kier molecular flexibility index (Phi) is 5.97. The van der Waals surface area contributed by atoms with E-state index in [0.717, 1.165) is 0 Å². The average molecular weight is 585 g/mol. The number of hydrogen-bond acceptors (Lipinski definition) is 8. The molecule has 1 fully saturated rings. The molecule has 0 aliphatic heterocycles. The smallest absolute Gasteiger partial charge is 0.251 e. The van der Waals surface area contributed by atoms with Gasteiger partial charge in [-0.3, -0.25) is 14.4 Å². The average Bonchev–Trinajstić information content (AvgIpc) is 2.67. The number of amides is 1. The van der Waals surface area contributed by atoms with Gasteiger partial charge in [-0.2, -0.15) is 0 Å². The number of phenols is 1. The van der Waals surface area contributed by atoms with Gasteiger partial charge < -0.3 is 59.7 Å². The Labute approximate surface area is 212 Å². The Morgan fingerprint density at radius 3 is 2.29 bits per heavy atom. The van der Waals surface area contributed by atoms with Crippen LogP contribution in [0.4, 0.5) is 0 Å². The number of aliphatic hydroxyl groups excluding tert-OH is 1. The van der Waals surface area contributed by atoms with Gasteiger partial charge in [0, 0.05) is 11.5 Å². The number of nitrogens with two attached hydrogens (primary N) is 1. The lowest BCUT2D eigenvalue weighted by atomic mass is 9.54. The molecule has 6 N–H and O–H groups in total. The van der Waals surface area contributed by atoms with Crippen LogP contribution in [0.3, 0.4) is 0 Å². The Bertz CT molecular complexity index is 1200. The monoisotopic (exact) mass is 585 g/mol. The molecule has 0 aromatic heterocycles. The molecule has 1 aromatic carbocycles.